The lowest BCUT2D eigenvalue weighted by atomic mass is 10.1. The summed E-state index contributed by atoms with van der Waals surface area (Å²) in [6.45, 7) is 1.89. The topological polar surface area (TPSA) is 82.4 Å². The quantitative estimate of drug-likeness (QED) is 0.343. The van der Waals surface area contributed by atoms with Crippen molar-refractivity contribution in [3.05, 3.63) is 99.5 Å². The lowest BCUT2D eigenvalue weighted by Crippen LogP contribution is -2.31. The van der Waals surface area contributed by atoms with Crippen LogP contribution in [0.1, 0.15) is 11.1 Å². The third-order valence-corrected chi connectivity index (χ3v) is 7.02. The molecule has 35 heavy (non-hydrogen) atoms. The minimum Gasteiger partial charge on any atom is -0.497 e. The van der Waals surface area contributed by atoms with Crippen LogP contribution in [-0.4, -0.2) is 24.2 Å². The maximum Gasteiger partial charge on any atom is 0.269 e. The number of hydrogen-bond donors (Lipinski definition) is 1. The number of amides is 2. The molecule has 0 aromatic heterocycles. The van der Waals surface area contributed by atoms with Gasteiger partial charge in [-0.05, 0) is 60.9 Å². The molecule has 1 N–H and O–H groups in total. The molecule has 0 saturated carbocycles. The van der Waals surface area contributed by atoms with Gasteiger partial charge in [0.05, 0.1) is 18.0 Å². The van der Waals surface area contributed by atoms with Gasteiger partial charge in [0.15, 0.2) is 0 Å². The normalized spacial score (nSPS) is 16.6. The summed E-state index contributed by atoms with van der Waals surface area (Å²) in [5.41, 5.74) is 2.77. The molecule has 1 aliphatic rings. The van der Waals surface area contributed by atoms with Crippen molar-refractivity contribution in [2.24, 2.45) is 0 Å². The Hall–Kier alpha value is -3.73. The lowest BCUT2D eigenvalue weighted by molar-refractivity contribution is -0.117. The second-order valence-corrected chi connectivity index (χ2v) is 9.50. The maximum atomic E-state index is 13.6. The molecule has 1 aliphatic heterocycles. The fraction of sp³-hybridized carbons (Fsp3) is 0.148. The Kier molecular flexibility index (Phi) is 7.45. The van der Waals surface area contributed by atoms with E-state index in [0.717, 1.165) is 16.9 Å². The first kappa shape index (κ1) is 24.4. The third kappa shape index (κ3) is 5.35. The molecule has 0 radical (unpaired) electrons. The Morgan fingerprint density at radius 3 is 2.54 bits per heavy atom. The van der Waals surface area contributed by atoms with Crippen molar-refractivity contribution in [3.63, 3.8) is 0 Å². The lowest BCUT2D eigenvalue weighted by Gasteiger charge is -2.20. The Bertz CT molecular complexity index is 1350. The van der Waals surface area contributed by atoms with Gasteiger partial charge in [-0.3, -0.25) is 14.5 Å². The SMILES string of the molecule is COc1ccc(C[C@H]2S/C(=C(\C#N)C(=O)Nc3cccc(Cl)c3)N(c3ccccc3C)C2=O)cc1. The summed E-state index contributed by atoms with van der Waals surface area (Å²) < 4.78 is 5.22. The van der Waals surface area contributed by atoms with Crippen molar-refractivity contribution in [1.82, 2.24) is 0 Å². The number of aryl methyl sites for hydroxylation is 1. The maximum absolute atomic E-state index is 13.6. The van der Waals surface area contributed by atoms with Crippen LogP contribution in [0.4, 0.5) is 11.4 Å². The molecular formula is C27H22ClN3O3S. The number of methoxy groups -OCH3 is 1. The van der Waals surface area contributed by atoms with E-state index >= 15 is 0 Å². The summed E-state index contributed by atoms with van der Waals surface area (Å²) >= 11 is 7.26. The number of nitrogens with one attached hydrogen (secondary N) is 1. The third-order valence-electron chi connectivity index (χ3n) is 5.52. The molecular weight excluding hydrogens is 482 g/mol. The molecule has 0 unspecified atom stereocenters. The first-order valence-electron chi connectivity index (χ1n) is 10.8. The standard InChI is InChI=1S/C27H22ClN3O3S/c1-17-6-3-4-9-23(17)31-26(33)24(14-18-10-12-21(34-2)13-11-18)35-27(31)22(16-29)25(32)30-20-8-5-7-19(28)15-20/h3-13,15,24H,14H2,1-2H3,(H,30,32)/b27-22+/t24-/m1/s1. The van der Waals surface area contributed by atoms with E-state index in [1.807, 2.05) is 61.5 Å². The number of benzene rings is 3. The van der Waals surface area contributed by atoms with Crippen LogP contribution in [-0.2, 0) is 16.0 Å². The molecule has 0 spiro atoms. The molecule has 0 aliphatic carbocycles. The average Bonchev–Trinajstić information content (AvgIpc) is 3.15. The number of ether oxygens (including phenoxy) is 1. The highest BCUT2D eigenvalue weighted by Gasteiger charge is 2.41. The van der Waals surface area contributed by atoms with E-state index in [1.165, 1.54) is 16.7 Å². The molecule has 2 amide bonds. The predicted octanol–water partition coefficient (Wildman–Crippen LogP) is 5.72. The largest absolute Gasteiger partial charge is 0.497 e. The van der Waals surface area contributed by atoms with Crippen molar-refractivity contribution in [2.75, 3.05) is 17.3 Å². The van der Waals surface area contributed by atoms with Crippen molar-refractivity contribution in [3.8, 4) is 11.8 Å². The van der Waals surface area contributed by atoms with E-state index in [4.69, 9.17) is 16.3 Å². The number of carbonyl (C=O) groups is 2. The van der Waals surface area contributed by atoms with Gasteiger partial charge in [0.25, 0.3) is 5.91 Å². The molecule has 1 saturated heterocycles. The fourth-order valence-electron chi connectivity index (χ4n) is 3.76. The average molecular weight is 504 g/mol. The van der Waals surface area contributed by atoms with E-state index in [1.54, 1.807) is 31.4 Å². The number of hydrogen-bond acceptors (Lipinski definition) is 5. The highest BCUT2D eigenvalue weighted by Crippen LogP contribution is 2.43. The van der Waals surface area contributed by atoms with Gasteiger partial charge in [0.1, 0.15) is 22.4 Å². The Labute approximate surface area is 213 Å². The van der Waals surface area contributed by atoms with Gasteiger partial charge in [-0.2, -0.15) is 5.26 Å². The molecule has 1 fully saturated rings. The van der Waals surface area contributed by atoms with Gasteiger partial charge >= 0.3 is 0 Å². The van der Waals surface area contributed by atoms with Crippen LogP contribution >= 0.6 is 23.4 Å². The molecule has 4 rings (SSSR count). The zero-order valence-electron chi connectivity index (χ0n) is 19.1. The van der Waals surface area contributed by atoms with Crippen molar-refractivity contribution in [1.29, 1.82) is 5.26 Å². The van der Waals surface area contributed by atoms with Gasteiger partial charge in [0, 0.05) is 10.7 Å². The molecule has 1 atom stereocenters. The molecule has 8 heteroatoms. The fourth-order valence-corrected chi connectivity index (χ4v) is 5.25. The van der Waals surface area contributed by atoms with E-state index in [0.29, 0.717) is 27.8 Å². The highest BCUT2D eigenvalue weighted by atomic mass is 35.5. The number of nitriles is 1. The minimum atomic E-state index is -0.603. The minimum absolute atomic E-state index is 0.135. The number of thioether (sulfide) groups is 1. The van der Waals surface area contributed by atoms with Crippen molar-refractivity contribution < 1.29 is 14.3 Å². The van der Waals surface area contributed by atoms with E-state index < -0.39 is 11.2 Å². The van der Waals surface area contributed by atoms with Gasteiger partial charge in [0.2, 0.25) is 5.91 Å². The smallest absolute Gasteiger partial charge is 0.269 e. The summed E-state index contributed by atoms with van der Waals surface area (Å²) in [5, 5.41) is 13.0. The molecule has 3 aromatic rings. The van der Waals surface area contributed by atoms with Crippen LogP contribution in [0.3, 0.4) is 0 Å². The second-order valence-electron chi connectivity index (χ2n) is 7.88. The molecule has 6 nitrogen and oxygen atoms in total. The Balaban J connectivity index is 1.72. The zero-order chi connectivity index (χ0) is 24.9. The summed E-state index contributed by atoms with van der Waals surface area (Å²) in [4.78, 5) is 28.3. The van der Waals surface area contributed by atoms with E-state index in [-0.39, 0.29) is 11.5 Å². The van der Waals surface area contributed by atoms with Crippen LogP contribution < -0.4 is 15.0 Å². The zero-order valence-corrected chi connectivity index (χ0v) is 20.7. The summed E-state index contributed by atoms with van der Waals surface area (Å²) in [5.74, 6) is -0.0575. The van der Waals surface area contributed by atoms with Crippen molar-refractivity contribution >= 4 is 46.6 Å². The number of halogens is 1. The monoisotopic (exact) mass is 503 g/mol. The van der Waals surface area contributed by atoms with Crippen LogP contribution in [0, 0.1) is 18.3 Å². The van der Waals surface area contributed by atoms with E-state index in [9.17, 15) is 14.9 Å². The number of anilines is 2. The van der Waals surface area contributed by atoms with Gasteiger partial charge in [-0.1, -0.05) is 59.8 Å². The van der Waals surface area contributed by atoms with Crippen LogP contribution in [0.15, 0.2) is 83.4 Å². The van der Waals surface area contributed by atoms with Gasteiger partial charge in [-0.15, -0.1) is 0 Å². The highest BCUT2D eigenvalue weighted by molar-refractivity contribution is 8.05. The Morgan fingerprint density at radius 2 is 1.89 bits per heavy atom. The number of rotatable bonds is 6. The van der Waals surface area contributed by atoms with Crippen LogP contribution in [0.5, 0.6) is 5.75 Å². The predicted molar refractivity (Wildman–Crippen MR) is 139 cm³/mol. The van der Waals surface area contributed by atoms with Gasteiger partial charge in [-0.25, -0.2) is 0 Å². The summed E-state index contributed by atoms with van der Waals surface area (Å²) in [6.07, 6.45) is 0.438. The van der Waals surface area contributed by atoms with Crippen LogP contribution in [0.2, 0.25) is 5.02 Å². The summed E-state index contributed by atoms with van der Waals surface area (Å²) in [6, 6.07) is 23.6. The second kappa shape index (κ2) is 10.7. The van der Waals surface area contributed by atoms with Gasteiger partial charge < -0.3 is 10.1 Å². The van der Waals surface area contributed by atoms with Crippen LogP contribution in [0.25, 0.3) is 0 Å². The number of para-hydroxylation sites is 1. The molecule has 3 aromatic carbocycles. The number of nitrogens with zero attached hydrogens (tertiary/aromatic N) is 2. The molecule has 176 valence electrons. The first-order valence-corrected chi connectivity index (χ1v) is 12.1. The molecule has 0 bridgehead atoms. The van der Waals surface area contributed by atoms with Crippen molar-refractivity contribution in [2.45, 2.75) is 18.6 Å². The summed E-state index contributed by atoms with van der Waals surface area (Å²) in [7, 11) is 1.60. The Morgan fingerprint density at radius 1 is 1.14 bits per heavy atom. The van der Waals surface area contributed by atoms with E-state index in [2.05, 4.69) is 5.32 Å². The number of carbonyl (C=O) groups excluding carboxylic acids is 2. The molecule has 1 heterocycles. The first-order chi connectivity index (χ1) is 16.9.